The maximum atomic E-state index is 10.4. The highest BCUT2D eigenvalue weighted by atomic mass is 16.4. The molecule has 0 aliphatic heterocycles. The number of rotatable bonds is 5. The van der Waals surface area contributed by atoms with Gasteiger partial charge in [0.25, 0.3) is 0 Å². The summed E-state index contributed by atoms with van der Waals surface area (Å²) in [6.45, 7) is -0.137. The van der Waals surface area contributed by atoms with Crippen LogP contribution in [0.25, 0.3) is 0 Å². The van der Waals surface area contributed by atoms with Gasteiger partial charge >= 0.3 is 5.97 Å². The molecule has 0 rings (SSSR count). The lowest BCUT2D eigenvalue weighted by molar-refractivity contribution is -0.142. The topological polar surface area (TPSA) is 81.3 Å². The standard InChI is InChI=1S/C7H11NO3/c8-4-1-2-6(3-5-9)7(10)11/h6,9H,1-3,5H2,(H,10,11). The van der Waals surface area contributed by atoms with Crippen molar-refractivity contribution in [3.63, 3.8) is 0 Å². The maximum absolute atomic E-state index is 10.4. The molecule has 0 aromatic carbocycles. The Bertz CT molecular complexity index is 162. The normalized spacial score (nSPS) is 12.0. The van der Waals surface area contributed by atoms with Crippen LogP contribution >= 0.6 is 0 Å². The minimum Gasteiger partial charge on any atom is -0.481 e. The summed E-state index contributed by atoms with van der Waals surface area (Å²) in [5.74, 6) is -1.51. The van der Waals surface area contributed by atoms with Gasteiger partial charge in [-0.05, 0) is 12.8 Å². The summed E-state index contributed by atoms with van der Waals surface area (Å²) >= 11 is 0. The van der Waals surface area contributed by atoms with E-state index in [1.807, 2.05) is 6.07 Å². The Morgan fingerprint density at radius 1 is 1.55 bits per heavy atom. The van der Waals surface area contributed by atoms with Crippen molar-refractivity contribution in [1.82, 2.24) is 0 Å². The molecule has 1 atom stereocenters. The lowest BCUT2D eigenvalue weighted by atomic mass is 10.0. The molecule has 0 fully saturated rings. The van der Waals surface area contributed by atoms with Gasteiger partial charge in [0.1, 0.15) is 0 Å². The zero-order valence-electron chi connectivity index (χ0n) is 6.16. The van der Waals surface area contributed by atoms with Crippen molar-refractivity contribution in [1.29, 1.82) is 5.26 Å². The Morgan fingerprint density at radius 3 is 2.55 bits per heavy atom. The van der Waals surface area contributed by atoms with E-state index in [0.717, 1.165) is 0 Å². The van der Waals surface area contributed by atoms with E-state index in [9.17, 15) is 4.79 Å². The summed E-state index contributed by atoms with van der Waals surface area (Å²) < 4.78 is 0. The van der Waals surface area contributed by atoms with Gasteiger partial charge in [0.05, 0.1) is 12.0 Å². The monoisotopic (exact) mass is 157 g/mol. The van der Waals surface area contributed by atoms with Crippen molar-refractivity contribution in [2.45, 2.75) is 19.3 Å². The molecule has 0 radical (unpaired) electrons. The molecular weight excluding hydrogens is 146 g/mol. The number of hydrogen-bond acceptors (Lipinski definition) is 3. The van der Waals surface area contributed by atoms with Crippen molar-refractivity contribution < 1.29 is 15.0 Å². The van der Waals surface area contributed by atoms with E-state index in [1.54, 1.807) is 0 Å². The van der Waals surface area contributed by atoms with Crippen LogP contribution in [0.5, 0.6) is 0 Å². The molecule has 11 heavy (non-hydrogen) atoms. The average molecular weight is 157 g/mol. The fraction of sp³-hybridized carbons (Fsp3) is 0.714. The molecule has 0 amide bonds. The van der Waals surface area contributed by atoms with Gasteiger partial charge in [-0.25, -0.2) is 0 Å². The second kappa shape index (κ2) is 5.69. The Labute approximate surface area is 65.1 Å². The molecule has 0 saturated carbocycles. The lowest BCUT2D eigenvalue weighted by Gasteiger charge is -2.06. The first kappa shape index (κ1) is 9.92. The Hall–Kier alpha value is -1.08. The number of aliphatic hydroxyl groups excluding tert-OH is 1. The molecule has 4 nitrogen and oxygen atoms in total. The number of aliphatic carboxylic acids is 1. The number of carboxylic acids is 1. The molecular formula is C7H11NO3. The third-order valence-electron chi connectivity index (χ3n) is 1.43. The summed E-state index contributed by atoms with van der Waals surface area (Å²) in [4.78, 5) is 10.4. The van der Waals surface area contributed by atoms with Crippen molar-refractivity contribution in [2.24, 2.45) is 5.92 Å². The number of hydrogen-bond donors (Lipinski definition) is 2. The number of carbonyl (C=O) groups is 1. The molecule has 0 aliphatic rings. The SMILES string of the molecule is N#CCCC(CCO)C(=O)O. The molecule has 0 aliphatic carbocycles. The summed E-state index contributed by atoms with van der Waals surface area (Å²) in [6.07, 6.45) is 0.792. The first-order chi connectivity index (χ1) is 5.22. The van der Waals surface area contributed by atoms with Gasteiger partial charge in [-0.1, -0.05) is 0 Å². The van der Waals surface area contributed by atoms with E-state index < -0.39 is 11.9 Å². The van der Waals surface area contributed by atoms with Gasteiger partial charge in [0.15, 0.2) is 0 Å². The van der Waals surface area contributed by atoms with Crippen LogP contribution < -0.4 is 0 Å². The van der Waals surface area contributed by atoms with Crippen LogP contribution in [0.2, 0.25) is 0 Å². The predicted molar refractivity (Wildman–Crippen MR) is 37.7 cm³/mol. The summed E-state index contributed by atoms with van der Waals surface area (Å²) in [7, 11) is 0. The fourth-order valence-electron chi connectivity index (χ4n) is 0.786. The van der Waals surface area contributed by atoms with Crippen LogP contribution in [0.3, 0.4) is 0 Å². The molecule has 1 unspecified atom stereocenters. The maximum Gasteiger partial charge on any atom is 0.306 e. The van der Waals surface area contributed by atoms with E-state index in [1.165, 1.54) is 0 Å². The number of nitrogens with zero attached hydrogens (tertiary/aromatic N) is 1. The third kappa shape index (κ3) is 4.34. The molecule has 62 valence electrons. The van der Waals surface area contributed by atoms with Crippen LogP contribution in [0.1, 0.15) is 19.3 Å². The highest BCUT2D eigenvalue weighted by Gasteiger charge is 2.15. The van der Waals surface area contributed by atoms with Crippen molar-refractivity contribution in [3.8, 4) is 6.07 Å². The van der Waals surface area contributed by atoms with Gasteiger partial charge in [-0.3, -0.25) is 4.79 Å². The van der Waals surface area contributed by atoms with Crippen molar-refractivity contribution in [3.05, 3.63) is 0 Å². The molecule has 0 saturated heterocycles. The summed E-state index contributed by atoms with van der Waals surface area (Å²) in [5.41, 5.74) is 0. The van der Waals surface area contributed by atoms with Crippen LogP contribution in [-0.2, 0) is 4.79 Å². The van der Waals surface area contributed by atoms with Gasteiger partial charge in [0, 0.05) is 13.0 Å². The Kier molecular flexibility index (Phi) is 5.13. The minimum absolute atomic E-state index is 0.137. The van der Waals surface area contributed by atoms with E-state index in [-0.39, 0.29) is 19.4 Å². The molecule has 0 aromatic rings. The van der Waals surface area contributed by atoms with Crippen LogP contribution in [0, 0.1) is 17.2 Å². The van der Waals surface area contributed by atoms with E-state index in [2.05, 4.69) is 0 Å². The molecule has 0 heterocycles. The second-order valence-electron chi connectivity index (χ2n) is 2.24. The lowest BCUT2D eigenvalue weighted by Crippen LogP contribution is -2.14. The van der Waals surface area contributed by atoms with Crippen LogP contribution in [0.4, 0.5) is 0 Å². The van der Waals surface area contributed by atoms with E-state index in [4.69, 9.17) is 15.5 Å². The highest BCUT2D eigenvalue weighted by molar-refractivity contribution is 5.69. The average Bonchev–Trinajstić information content (AvgIpc) is 1.97. The van der Waals surface area contributed by atoms with Crippen molar-refractivity contribution >= 4 is 5.97 Å². The zero-order chi connectivity index (χ0) is 8.69. The van der Waals surface area contributed by atoms with Gasteiger partial charge in [0.2, 0.25) is 0 Å². The summed E-state index contributed by atoms with van der Waals surface area (Å²) in [5, 5.41) is 25.1. The summed E-state index contributed by atoms with van der Waals surface area (Å²) in [6, 6.07) is 1.87. The zero-order valence-corrected chi connectivity index (χ0v) is 6.16. The van der Waals surface area contributed by atoms with E-state index in [0.29, 0.717) is 6.42 Å². The smallest absolute Gasteiger partial charge is 0.306 e. The fourth-order valence-corrected chi connectivity index (χ4v) is 0.786. The Balaban J connectivity index is 3.71. The number of nitriles is 1. The molecule has 0 spiro atoms. The molecule has 4 heteroatoms. The first-order valence-corrected chi connectivity index (χ1v) is 3.43. The predicted octanol–water partition coefficient (Wildman–Crippen LogP) is 0.373. The van der Waals surface area contributed by atoms with Gasteiger partial charge in [-0.2, -0.15) is 5.26 Å². The molecule has 0 aromatic heterocycles. The molecule has 2 N–H and O–H groups in total. The van der Waals surface area contributed by atoms with Crippen LogP contribution in [-0.4, -0.2) is 22.8 Å². The van der Waals surface area contributed by atoms with E-state index >= 15 is 0 Å². The number of carboxylic acid groups (broad SMARTS) is 1. The minimum atomic E-state index is -0.936. The largest absolute Gasteiger partial charge is 0.481 e. The highest BCUT2D eigenvalue weighted by Crippen LogP contribution is 2.10. The van der Waals surface area contributed by atoms with Gasteiger partial charge in [-0.15, -0.1) is 0 Å². The van der Waals surface area contributed by atoms with Crippen molar-refractivity contribution in [2.75, 3.05) is 6.61 Å². The van der Waals surface area contributed by atoms with Gasteiger partial charge < -0.3 is 10.2 Å². The quantitative estimate of drug-likeness (QED) is 0.604. The first-order valence-electron chi connectivity index (χ1n) is 3.43. The number of aliphatic hydroxyl groups is 1. The molecule has 0 bridgehead atoms. The third-order valence-corrected chi connectivity index (χ3v) is 1.43. The van der Waals surface area contributed by atoms with Crippen LogP contribution in [0.15, 0.2) is 0 Å². The Morgan fingerprint density at radius 2 is 2.18 bits per heavy atom. The second-order valence-corrected chi connectivity index (χ2v) is 2.24.